The molecule has 0 saturated carbocycles. The van der Waals surface area contributed by atoms with Crippen LogP contribution in [0.1, 0.15) is 64.4 Å². The Balaban J connectivity index is 0.675. The maximum Gasteiger partial charge on any atom is 0.417 e. The van der Waals surface area contributed by atoms with Crippen LogP contribution in [-0.4, -0.2) is 133 Å². The molecule has 9 rings (SSSR count). The molecule has 15 nitrogen and oxygen atoms in total. The number of alkyl halides is 3. The minimum absolute atomic E-state index is 0.0840. The average Bonchev–Trinajstić information content (AvgIpc) is 3.48. The van der Waals surface area contributed by atoms with Crippen LogP contribution in [0, 0.1) is 29.1 Å². The standard InChI is InChI=1S/C45H49F3N10O5/c1-27-20-53(14-15-55(27)22-29-25-56(26-29)32-4-6-35-36(16-32)44(63)58(43(35)62)38-7-9-40(59)52-42(38)61)21-28-23-57(24-28)34-5-8-39(50-19-34)51-41(60)30-10-12-54(13-11-30)33-3-2-31(18-49)37(17-33)45(46,47)48/h2-6,8,16-17,19,27-30,38H,7,9-15,20-26H2,1H3,(H,50,51,60)(H,52,59,61)/t27-,38?/m1/s1. The third-order valence-corrected chi connectivity index (χ3v) is 13.6. The highest BCUT2D eigenvalue weighted by Crippen LogP contribution is 2.37. The topological polar surface area (TPSA) is 166 Å². The highest BCUT2D eigenvalue weighted by Gasteiger charge is 2.45. The number of fused-ring (bicyclic) bond motifs is 1. The molecular weight excluding hydrogens is 818 g/mol. The molecule has 0 spiro atoms. The van der Waals surface area contributed by atoms with Gasteiger partial charge in [-0.1, -0.05) is 0 Å². The van der Waals surface area contributed by atoms with Gasteiger partial charge in [-0.3, -0.25) is 39.1 Å². The molecule has 0 aliphatic carbocycles. The smallest absolute Gasteiger partial charge is 0.371 e. The van der Waals surface area contributed by atoms with Gasteiger partial charge in [0.15, 0.2) is 0 Å². The number of anilines is 4. The normalized spacial score (nSPS) is 23.0. The van der Waals surface area contributed by atoms with E-state index < -0.39 is 47.0 Å². The predicted molar refractivity (Wildman–Crippen MR) is 226 cm³/mol. The van der Waals surface area contributed by atoms with Crippen LogP contribution >= 0.6 is 0 Å². The maximum absolute atomic E-state index is 13.5. The number of imide groups is 2. The van der Waals surface area contributed by atoms with Gasteiger partial charge in [0.1, 0.15) is 11.9 Å². The largest absolute Gasteiger partial charge is 0.417 e. The lowest BCUT2D eigenvalue weighted by Gasteiger charge is -2.48. The molecule has 1 unspecified atom stereocenters. The van der Waals surface area contributed by atoms with Crippen molar-refractivity contribution in [2.45, 2.75) is 50.9 Å². The summed E-state index contributed by atoms with van der Waals surface area (Å²) in [5, 5.41) is 14.2. The number of hydrogen-bond acceptors (Lipinski definition) is 12. The zero-order chi connectivity index (χ0) is 44.2. The second-order valence-corrected chi connectivity index (χ2v) is 17.8. The third-order valence-electron chi connectivity index (χ3n) is 13.6. The molecule has 6 aliphatic rings. The minimum Gasteiger partial charge on any atom is -0.371 e. The first-order valence-electron chi connectivity index (χ1n) is 21.7. The van der Waals surface area contributed by atoms with E-state index in [2.05, 4.69) is 42.1 Å². The first-order valence-corrected chi connectivity index (χ1v) is 21.7. The molecule has 0 bridgehead atoms. The molecule has 7 heterocycles. The fraction of sp³-hybridized carbons (Fsp3) is 0.489. The Bertz CT molecular complexity index is 2350. The van der Waals surface area contributed by atoms with E-state index in [9.17, 15) is 37.1 Å². The Labute approximate surface area is 362 Å². The van der Waals surface area contributed by atoms with E-state index in [-0.39, 0.29) is 30.2 Å². The summed E-state index contributed by atoms with van der Waals surface area (Å²) >= 11 is 0. The lowest BCUT2D eigenvalue weighted by Crippen LogP contribution is -2.59. The first-order chi connectivity index (χ1) is 30.2. The van der Waals surface area contributed by atoms with Crippen LogP contribution in [0.3, 0.4) is 0 Å². The van der Waals surface area contributed by atoms with Crippen LogP contribution in [-0.2, 0) is 20.6 Å². The van der Waals surface area contributed by atoms with Gasteiger partial charge in [0.2, 0.25) is 17.7 Å². The van der Waals surface area contributed by atoms with Crippen molar-refractivity contribution in [3.63, 3.8) is 0 Å². The second-order valence-electron chi connectivity index (χ2n) is 17.8. The number of halogens is 3. The van der Waals surface area contributed by atoms with Gasteiger partial charge in [-0.15, -0.1) is 0 Å². The highest BCUT2D eigenvalue weighted by atomic mass is 19.4. The van der Waals surface area contributed by atoms with Crippen molar-refractivity contribution < 1.29 is 37.1 Å². The molecule has 2 N–H and O–H groups in total. The van der Waals surface area contributed by atoms with Crippen molar-refractivity contribution in [2.75, 3.05) is 92.0 Å². The maximum atomic E-state index is 13.5. The number of nitrogens with zero attached hydrogens (tertiary/aromatic N) is 8. The summed E-state index contributed by atoms with van der Waals surface area (Å²) in [7, 11) is 0. The minimum atomic E-state index is -4.63. The third kappa shape index (κ3) is 8.55. The Morgan fingerprint density at radius 2 is 1.48 bits per heavy atom. The number of rotatable bonds is 10. The van der Waals surface area contributed by atoms with Gasteiger partial charge >= 0.3 is 6.18 Å². The lowest BCUT2D eigenvalue weighted by atomic mass is 9.95. The second kappa shape index (κ2) is 16.9. The number of nitrogens with one attached hydrogen (secondary N) is 2. The van der Waals surface area contributed by atoms with Crippen molar-refractivity contribution in [3.8, 4) is 6.07 Å². The van der Waals surface area contributed by atoms with Gasteiger partial charge in [-0.2, -0.15) is 18.4 Å². The molecular formula is C45H49F3N10O5. The quantitative estimate of drug-likeness (QED) is 0.284. The zero-order valence-corrected chi connectivity index (χ0v) is 34.9. The molecule has 0 radical (unpaired) electrons. The summed E-state index contributed by atoms with van der Waals surface area (Å²) in [5.41, 5.74) is 1.50. The molecule has 6 aliphatic heterocycles. The van der Waals surface area contributed by atoms with E-state index in [1.54, 1.807) is 30.5 Å². The van der Waals surface area contributed by atoms with E-state index in [1.165, 1.54) is 12.1 Å². The fourth-order valence-corrected chi connectivity index (χ4v) is 9.99. The summed E-state index contributed by atoms with van der Waals surface area (Å²) in [4.78, 5) is 80.5. The van der Waals surface area contributed by atoms with Crippen molar-refractivity contribution in [1.82, 2.24) is 25.0 Å². The predicted octanol–water partition coefficient (Wildman–Crippen LogP) is 3.81. The van der Waals surface area contributed by atoms with Gasteiger partial charge in [0, 0.05) is 114 Å². The van der Waals surface area contributed by atoms with Gasteiger partial charge in [-0.25, -0.2) is 4.98 Å². The van der Waals surface area contributed by atoms with Crippen LogP contribution in [0.15, 0.2) is 54.7 Å². The molecule has 5 fully saturated rings. The number of aromatic nitrogens is 1. The molecule has 5 amide bonds. The number of carbonyl (C=O) groups is 5. The van der Waals surface area contributed by atoms with E-state index in [0.717, 1.165) is 81.2 Å². The van der Waals surface area contributed by atoms with Crippen LogP contribution in [0.5, 0.6) is 0 Å². The molecule has 5 saturated heterocycles. The Hall–Kier alpha value is -6.06. The number of piperidine rings is 2. The molecule has 330 valence electrons. The number of benzene rings is 2. The molecule has 18 heteroatoms. The van der Waals surface area contributed by atoms with E-state index in [4.69, 9.17) is 5.26 Å². The van der Waals surface area contributed by atoms with Gasteiger partial charge in [-0.05, 0) is 74.7 Å². The van der Waals surface area contributed by atoms with Crippen molar-refractivity contribution in [2.24, 2.45) is 17.8 Å². The van der Waals surface area contributed by atoms with E-state index >= 15 is 0 Å². The van der Waals surface area contributed by atoms with Gasteiger partial charge < -0.3 is 24.9 Å². The number of pyridine rings is 1. The van der Waals surface area contributed by atoms with Crippen molar-refractivity contribution in [3.05, 3.63) is 77.0 Å². The monoisotopic (exact) mass is 866 g/mol. The fourth-order valence-electron chi connectivity index (χ4n) is 9.99. The highest BCUT2D eigenvalue weighted by molar-refractivity contribution is 6.23. The number of amides is 5. The summed E-state index contributed by atoms with van der Waals surface area (Å²) in [6.07, 6.45) is -1.66. The Morgan fingerprint density at radius 3 is 2.14 bits per heavy atom. The Morgan fingerprint density at radius 1 is 0.810 bits per heavy atom. The van der Waals surface area contributed by atoms with Crippen molar-refractivity contribution in [1.29, 1.82) is 5.26 Å². The summed E-state index contributed by atoms with van der Waals surface area (Å²) in [6.45, 7) is 11.7. The van der Waals surface area contributed by atoms with Gasteiger partial charge in [0.25, 0.3) is 11.8 Å². The Kier molecular flexibility index (Phi) is 11.3. The zero-order valence-electron chi connectivity index (χ0n) is 34.9. The van der Waals surface area contributed by atoms with Crippen LogP contribution in [0.2, 0.25) is 0 Å². The van der Waals surface area contributed by atoms with E-state index in [0.29, 0.717) is 60.9 Å². The molecule has 2 aromatic carbocycles. The number of nitriles is 1. The van der Waals surface area contributed by atoms with Crippen LogP contribution in [0.4, 0.5) is 36.1 Å². The lowest BCUT2D eigenvalue weighted by molar-refractivity contribution is -0.138. The van der Waals surface area contributed by atoms with Gasteiger partial charge in [0.05, 0.1) is 40.2 Å². The number of carbonyl (C=O) groups excluding carboxylic acids is 5. The summed E-state index contributed by atoms with van der Waals surface area (Å²) in [5.74, 6) is -0.959. The van der Waals surface area contributed by atoms with Crippen LogP contribution in [0.25, 0.3) is 0 Å². The summed E-state index contributed by atoms with van der Waals surface area (Å²) < 4.78 is 40.4. The van der Waals surface area contributed by atoms with E-state index in [1.807, 2.05) is 17.0 Å². The number of hydrogen-bond donors (Lipinski definition) is 2. The van der Waals surface area contributed by atoms with Crippen LogP contribution < -0.4 is 25.3 Å². The number of piperazine rings is 1. The average molecular weight is 867 g/mol. The molecule has 3 aromatic rings. The SMILES string of the molecule is C[C@@H]1CN(CC2CN(c3ccc(NC(=O)C4CCN(c5ccc(C#N)c(C(F)(F)F)c5)CC4)nc3)C2)CCN1CC1CN(c2ccc3c(c2)C(=O)N(C2CCC(=O)NC2=O)C3=O)C1. The summed E-state index contributed by atoms with van der Waals surface area (Å²) in [6, 6.07) is 13.8. The first kappa shape index (κ1) is 42.3. The molecule has 63 heavy (non-hydrogen) atoms. The van der Waals surface area contributed by atoms with Crippen molar-refractivity contribution >= 4 is 52.4 Å². The molecule has 2 atom stereocenters. The molecule has 1 aromatic heterocycles.